The van der Waals surface area contributed by atoms with E-state index in [4.69, 9.17) is 4.74 Å². The number of rotatable bonds is 3. The Morgan fingerprint density at radius 3 is 2.79 bits per heavy atom. The van der Waals surface area contributed by atoms with Gasteiger partial charge in [-0.1, -0.05) is 6.07 Å². The van der Waals surface area contributed by atoms with Gasteiger partial charge in [-0.05, 0) is 32.2 Å². The van der Waals surface area contributed by atoms with Crippen molar-refractivity contribution < 1.29 is 9.53 Å². The minimum Gasteiger partial charge on any atom is -0.459 e. The molecule has 2 nitrogen and oxygen atoms in total. The summed E-state index contributed by atoms with van der Waals surface area (Å²) < 4.78 is 6.33. The fraction of sp³-hybridized carbons (Fsp3) is 0.500. The average Bonchev–Trinajstić information content (AvgIpc) is 2.49. The number of thioether (sulfide) groups is 1. The van der Waals surface area contributed by atoms with Gasteiger partial charge in [-0.25, -0.2) is 0 Å². The highest BCUT2D eigenvalue weighted by molar-refractivity contribution is 8.01. The van der Waals surface area contributed by atoms with Crippen molar-refractivity contribution in [3.8, 4) is 0 Å². The number of ether oxygens (including phenoxy) is 1. The molecular formula is C10H14O2S2. The first-order chi connectivity index (χ1) is 6.47. The van der Waals surface area contributed by atoms with Gasteiger partial charge in [0.25, 0.3) is 0 Å². The molecule has 1 aromatic heterocycles. The molecule has 0 saturated carbocycles. The summed E-state index contributed by atoms with van der Waals surface area (Å²) in [5.41, 5.74) is -0.382. The fourth-order valence-electron chi connectivity index (χ4n) is 0.847. The van der Waals surface area contributed by atoms with E-state index in [1.54, 1.807) is 11.3 Å². The third-order valence-electron chi connectivity index (χ3n) is 1.25. The Kier molecular flexibility index (Phi) is 4.01. The molecule has 0 N–H and O–H groups in total. The monoisotopic (exact) mass is 230 g/mol. The number of hydrogen-bond donors (Lipinski definition) is 0. The third kappa shape index (κ3) is 4.67. The lowest BCUT2D eigenvalue weighted by Gasteiger charge is -2.19. The normalized spacial score (nSPS) is 11.4. The van der Waals surface area contributed by atoms with Crippen LogP contribution in [0.5, 0.6) is 0 Å². The summed E-state index contributed by atoms with van der Waals surface area (Å²) in [5.74, 6) is 0.230. The van der Waals surface area contributed by atoms with Crippen LogP contribution in [0.3, 0.4) is 0 Å². The molecule has 0 aliphatic heterocycles. The molecule has 1 rings (SSSR count). The molecule has 14 heavy (non-hydrogen) atoms. The van der Waals surface area contributed by atoms with Gasteiger partial charge in [0.05, 0.1) is 9.96 Å². The molecule has 0 aliphatic rings. The predicted octanol–water partition coefficient (Wildman–Crippen LogP) is 3.18. The lowest BCUT2D eigenvalue weighted by molar-refractivity contribution is -0.151. The standard InChI is InChI=1S/C10H14O2S2/c1-10(2,3)12-8(11)7-14-9-5-4-6-13-9/h4-6H,7H2,1-3H3. The molecule has 1 heterocycles. The molecule has 0 aromatic carbocycles. The summed E-state index contributed by atoms with van der Waals surface area (Å²) in [5, 5.41) is 2.00. The van der Waals surface area contributed by atoms with Crippen molar-refractivity contribution in [1.82, 2.24) is 0 Å². The number of hydrogen-bond acceptors (Lipinski definition) is 4. The number of esters is 1. The Hall–Kier alpha value is -0.480. The molecule has 0 atom stereocenters. The molecule has 0 fully saturated rings. The van der Waals surface area contributed by atoms with Gasteiger partial charge in [-0.3, -0.25) is 4.79 Å². The minimum atomic E-state index is -0.382. The molecule has 0 bridgehead atoms. The lowest BCUT2D eigenvalue weighted by Crippen LogP contribution is -2.24. The van der Waals surface area contributed by atoms with E-state index in [0.717, 1.165) is 4.21 Å². The zero-order chi connectivity index (χ0) is 10.6. The van der Waals surface area contributed by atoms with Crippen LogP contribution in [0.25, 0.3) is 0 Å². The van der Waals surface area contributed by atoms with Crippen molar-refractivity contribution in [2.24, 2.45) is 0 Å². The molecule has 0 spiro atoms. The predicted molar refractivity (Wildman–Crippen MR) is 60.9 cm³/mol. The first kappa shape index (κ1) is 11.6. The maximum atomic E-state index is 11.3. The topological polar surface area (TPSA) is 26.3 Å². The van der Waals surface area contributed by atoms with E-state index in [9.17, 15) is 4.79 Å². The van der Waals surface area contributed by atoms with E-state index in [2.05, 4.69) is 0 Å². The molecule has 0 aliphatic carbocycles. The number of carbonyl (C=O) groups excluding carboxylic acids is 1. The van der Waals surface area contributed by atoms with E-state index in [-0.39, 0.29) is 11.6 Å². The van der Waals surface area contributed by atoms with Gasteiger partial charge in [-0.15, -0.1) is 23.1 Å². The van der Waals surface area contributed by atoms with Gasteiger partial charge in [0.15, 0.2) is 0 Å². The summed E-state index contributed by atoms with van der Waals surface area (Å²) in [6.45, 7) is 5.63. The Morgan fingerprint density at radius 1 is 1.57 bits per heavy atom. The second kappa shape index (κ2) is 4.84. The highest BCUT2D eigenvalue weighted by atomic mass is 32.2. The van der Waals surface area contributed by atoms with Gasteiger partial charge in [0.1, 0.15) is 5.60 Å². The third-order valence-corrected chi connectivity index (χ3v) is 3.35. The second-order valence-corrected chi connectivity index (χ2v) is 6.03. The first-order valence-electron chi connectivity index (χ1n) is 4.35. The van der Waals surface area contributed by atoms with Gasteiger partial charge in [-0.2, -0.15) is 0 Å². The molecule has 1 aromatic rings. The molecule has 0 saturated heterocycles. The molecule has 4 heteroatoms. The van der Waals surface area contributed by atoms with Crippen LogP contribution in [-0.2, 0) is 9.53 Å². The van der Waals surface area contributed by atoms with Crippen LogP contribution in [0.4, 0.5) is 0 Å². The summed E-state index contributed by atoms with van der Waals surface area (Å²) in [6, 6.07) is 3.97. The smallest absolute Gasteiger partial charge is 0.316 e. The highest BCUT2D eigenvalue weighted by Gasteiger charge is 2.16. The van der Waals surface area contributed by atoms with Crippen molar-refractivity contribution in [1.29, 1.82) is 0 Å². The molecule has 0 amide bonds. The summed E-state index contributed by atoms with van der Waals surface area (Å²) >= 11 is 3.16. The molecule has 78 valence electrons. The summed E-state index contributed by atoms with van der Waals surface area (Å²) in [7, 11) is 0. The van der Waals surface area contributed by atoms with E-state index in [0.29, 0.717) is 5.75 Å². The second-order valence-electron chi connectivity index (χ2n) is 3.81. The van der Waals surface area contributed by atoms with Crippen LogP contribution in [0.15, 0.2) is 21.7 Å². The Balaban J connectivity index is 2.29. The van der Waals surface area contributed by atoms with Crippen LogP contribution in [0, 0.1) is 0 Å². The minimum absolute atomic E-state index is 0.157. The van der Waals surface area contributed by atoms with Gasteiger partial charge >= 0.3 is 5.97 Å². The Bertz CT molecular complexity index is 286. The van der Waals surface area contributed by atoms with Crippen molar-refractivity contribution in [3.05, 3.63) is 17.5 Å². The van der Waals surface area contributed by atoms with Crippen LogP contribution in [0.1, 0.15) is 20.8 Å². The summed E-state index contributed by atoms with van der Waals surface area (Å²) in [6.07, 6.45) is 0. The molecule has 0 radical (unpaired) electrons. The number of carbonyl (C=O) groups is 1. The van der Waals surface area contributed by atoms with Crippen LogP contribution in [0.2, 0.25) is 0 Å². The van der Waals surface area contributed by atoms with Crippen molar-refractivity contribution >= 4 is 29.1 Å². The van der Waals surface area contributed by atoms with Gasteiger partial charge in [0.2, 0.25) is 0 Å². The lowest BCUT2D eigenvalue weighted by atomic mass is 10.2. The fourth-order valence-corrected chi connectivity index (χ4v) is 2.40. The highest BCUT2D eigenvalue weighted by Crippen LogP contribution is 2.23. The maximum Gasteiger partial charge on any atom is 0.316 e. The quantitative estimate of drug-likeness (QED) is 0.589. The van der Waals surface area contributed by atoms with Crippen LogP contribution >= 0.6 is 23.1 Å². The Labute approximate surface area is 92.7 Å². The summed E-state index contributed by atoms with van der Waals surface area (Å²) in [4.78, 5) is 11.3. The number of thiophene rings is 1. The van der Waals surface area contributed by atoms with E-state index in [1.807, 2.05) is 38.3 Å². The zero-order valence-corrected chi connectivity index (χ0v) is 10.2. The van der Waals surface area contributed by atoms with E-state index >= 15 is 0 Å². The average molecular weight is 230 g/mol. The van der Waals surface area contributed by atoms with Crippen LogP contribution < -0.4 is 0 Å². The SMILES string of the molecule is CC(C)(C)OC(=O)CSc1cccs1. The van der Waals surface area contributed by atoms with Gasteiger partial charge in [0, 0.05) is 0 Å². The zero-order valence-electron chi connectivity index (χ0n) is 8.57. The maximum absolute atomic E-state index is 11.3. The first-order valence-corrected chi connectivity index (χ1v) is 6.22. The largest absolute Gasteiger partial charge is 0.459 e. The van der Waals surface area contributed by atoms with E-state index in [1.165, 1.54) is 11.8 Å². The van der Waals surface area contributed by atoms with Crippen molar-refractivity contribution in [2.45, 2.75) is 30.6 Å². The van der Waals surface area contributed by atoms with Crippen molar-refractivity contribution in [3.63, 3.8) is 0 Å². The van der Waals surface area contributed by atoms with Crippen LogP contribution in [-0.4, -0.2) is 17.3 Å². The Morgan fingerprint density at radius 2 is 2.29 bits per heavy atom. The van der Waals surface area contributed by atoms with Crippen molar-refractivity contribution in [2.75, 3.05) is 5.75 Å². The van der Waals surface area contributed by atoms with E-state index < -0.39 is 0 Å². The van der Waals surface area contributed by atoms with Gasteiger partial charge < -0.3 is 4.74 Å². The molecule has 0 unspecified atom stereocenters. The molecular weight excluding hydrogens is 216 g/mol.